The molecule has 1 aromatic heterocycles. The highest BCUT2D eigenvalue weighted by molar-refractivity contribution is 7.91. The zero-order chi connectivity index (χ0) is 27.1. The Bertz CT molecular complexity index is 1300. The Morgan fingerprint density at radius 1 is 1.03 bits per heavy atom. The molecule has 0 aliphatic heterocycles. The van der Waals surface area contributed by atoms with Crippen molar-refractivity contribution < 1.29 is 23.1 Å². The summed E-state index contributed by atoms with van der Waals surface area (Å²) in [6, 6.07) is 18.1. The van der Waals surface area contributed by atoms with Crippen molar-refractivity contribution in [1.29, 1.82) is 0 Å². The quantitative estimate of drug-likeness (QED) is 0.311. The number of carbonyl (C=O) groups excluding carboxylic acids is 1. The van der Waals surface area contributed by atoms with E-state index in [0.717, 1.165) is 29.7 Å². The molecule has 0 aliphatic rings. The number of nitrogens with zero attached hydrogens (tertiary/aromatic N) is 1. The minimum atomic E-state index is -3.57. The number of nitrogens with one attached hydrogen (secondary N) is 1. The molecule has 1 heterocycles. The number of benzene rings is 2. The van der Waals surface area contributed by atoms with Gasteiger partial charge in [-0.25, -0.2) is 8.42 Å². The predicted molar refractivity (Wildman–Crippen MR) is 146 cm³/mol. The summed E-state index contributed by atoms with van der Waals surface area (Å²) in [6.45, 7) is 9.33. The predicted octanol–water partition coefficient (Wildman–Crippen LogP) is 4.84. The van der Waals surface area contributed by atoms with E-state index < -0.39 is 15.8 Å². The van der Waals surface area contributed by atoms with Crippen LogP contribution < -0.4 is 10.1 Å². The summed E-state index contributed by atoms with van der Waals surface area (Å²) in [5.41, 5.74) is 3.27. The van der Waals surface area contributed by atoms with Gasteiger partial charge in [-0.05, 0) is 74.6 Å². The summed E-state index contributed by atoms with van der Waals surface area (Å²) in [4.78, 5) is 13.1. The molecule has 0 saturated heterocycles. The van der Waals surface area contributed by atoms with Gasteiger partial charge in [0.25, 0.3) is 5.91 Å². The molecule has 0 atom stereocenters. The largest absolute Gasteiger partial charge is 0.477 e. The van der Waals surface area contributed by atoms with Crippen molar-refractivity contribution >= 4 is 15.7 Å². The van der Waals surface area contributed by atoms with Gasteiger partial charge in [0.05, 0.1) is 4.90 Å². The molecule has 0 fully saturated rings. The molecular weight excluding hydrogens is 488 g/mol. The Hall–Kier alpha value is -3.10. The summed E-state index contributed by atoms with van der Waals surface area (Å²) in [7, 11) is -3.57. The van der Waals surface area contributed by atoms with Gasteiger partial charge in [0.2, 0.25) is 9.84 Å². The molecular formula is C29H38N2O5S. The van der Waals surface area contributed by atoms with Gasteiger partial charge in [-0.2, -0.15) is 0 Å². The highest BCUT2D eigenvalue weighted by Crippen LogP contribution is 2.41. The summed E-state index contributed by atoms with van der Waals surface area (Å²) in [5, 5.41) is 11.9. The van der Waals surface area contributed by atoms with E-state index in [1.807, 2.05) is 38.1 Å². The zero-order valence-electron chi connectivity index (χ0n) is 22.2. The fourth-order valence-corrected chi connectivity index (χ4v) is 5.90. The Kier molecular flexibility index (Phi) is 9.56. The van der Waals surface area contributed by atoms with Crippen LogP contribution in [0.4, 0.5) is 0 Å². The third-order valence-electron chi connectivity index (χ3n) is 7.05. The second-order valence-electron chi connectivity index (χ2n) is 9.14. The first-order valence-corrected chi connectivity index (χ1v) is 14.5. The van der Waals surface area contributed by atoms with Crippen LogP contribution in [0.15, 0.2) is 65.6 Å². The number of amides is 1. The molecule has 2 N–H and O–H groups in total. The topological polar surface area (TPSA) is 97.6 Å². The molecule has 7 nitrogen and oxygen atoms in total. The fraction of sp³-hybridized carbons (Fsp3) is 0.414. The average Bonchev–Trinajstić information content (AvgIpc) is 3.34. The molecule has 0 bridgehead atoms. The van der Waals surface area contributed by atoms with Gasteiger partial charge in [-0.3, -0.25) is 4.79 Å². The van der Waals surface area contributed by atoms with Crippen LogP contribution in [0.5, 0.6) is 5.75 Å². The van der Waals surface area contributed by atoms with E-state index in [0.29, 0.717) is 31.0 Å². The number of hydrogen-bond donors (Lipinski definition) is 2. The van der Waals surface area contributed by atoms with Crippen molar-refractivity contribution in [2.45, 2.75) is 63.8 Å². The molecule has 1 amide bonds. The maximum atomic E-state index is 12.8. The SMILES string of the molecule is CCn1c(C(=O)NCCCO)ccc1C(CC)(CC)c1ccc(OCS(=O)(=O)c2ccccc2)c(C)c1. The zero-order valence-corrected chi connectivity index (χ0v) is 23.0. The van der Waals surface area contributed by atoms with Crippen LogP contribution >= 0.6 is 0 Å². The fourth-order valence-electron chi connectivity index (χ4n) is 4.91. The number of rotatable bonds is 13. The van der Waals surface area contributed by atoms with Crippen LogP contribution in [0.25, 0.3) is 0 Å². The van der Waals surface area contributed by atoms with Gasteiger partial charge >= 0.3 is 0 Å². The lowest BCUT2D eigenvalue weighted by atomic mass is 9.72. The molecule has 0 aliphatic carbocycles. The second-order valence-corrected chi connectivity index (χ2v) is 11.1. The van der Waals surface area contributed by atoms with Crippen LogP contribution in [0, 0.1) is 6.92 Å². The molecule has 0 radical (unpaired) electrons. The van der Waals surface area contributed by atoms with Crippen molar-refractivity contribution in [2.24, 2.45) is 0 Å². The van der Waals surface area contributed by atoms with Crippen molar-refractivity contribution in [2.75, 3.05) is 19.1 Å². The molecule has 0 unspecified atom stereocenters. The normalized spacial score (nSPS) is 11.9. The highest BCUT2D eigenvalue weighted by atomic mass is 32.2. The number of aromatic nitrogens is 1. The molecule has 8 heteroatoms. The first-order valence-electron chi connectivity index (χ1n) is 12.8. The Morgan fingerprint density at radius 2 is 1.73 bits per heavy atom. The van der Waals surface area contributed by atoms with Gasteiger partial charge in [-0.1, -0.05) is 44.2 Å². The minimum absolute atomic E-state index is 0.0341. The molecule has 3 aromatic rings. The lowest BCUT2D eigenvalue weighted by Crippen LogP contribution is -2.32. The Morgan fingerprint density at radius 3 is 2.32 bits per heavy atom. The number of ether oxygens (including phenoxy) is 1. The van der Waals surface area contributed by atoms with Crippen molar-refractivity contribution in [3.8, 4) is 5.75 Å². The van der Waals surface area contributed by atoms with Gasteiger partial charge in [0, 0.05) is 30.8 Å². The number of aliphatic hydroxyl groups excluding tert-OH is 1. The Balaban J connectivity index is 1.91. The van der Waals surface area contributed by atoms with Crippen LogP contribution in [-0.4, -0.2) is 43.1 Å². The monoisotopic (exact) mass is 526 g/mol. The molecule has 3 rings (SSSR count). The molecule has 200 valence electrons. The van der Waals surface area contributed by atoms with E-state index in [1.165, 1.54) is 0 Å². The van der Waals surface area contributed by atoms with Gasteiger partial charge in [0.15, 0.2) is 5.94 Å². The molecule has 0 saturated carbocycles. The highest BCUT2D eigenvalue weighted by Gasteiger charge is 2.35. The van der Waals surface area contributed by atoms with Gasteiger partial charge < -0.3 is 19.7 Å². The number of aryl methyl sites for hydroxylation is 1. The molecule has 0 spiro atoms. The minimum Gasteiger partial charge on any atom is -0.477 e. The summed E-state index contributed by atoms with van der Waals surface area (Å²) >= 11 is 0. The van der Waals surface area contributed by atoms with Crippen LogP contribution in [0.2, 0.25) is 0 Å². The summed E-state index contributed by atoms with van der Waals surface area (Å²) < 4.78 is 33.1. The number of aliphatic hydroxyl groups is 1. The molecule has 2 aromatic carbocycles. The summed E-state index contributed by atoms with van der Waals surface area (Å²) in [5.74, 6) is -0.0569. The number of sulfone groups is 1. The number of carbonyl (C=O) groups is 1. The third-order valence-corrected chi connectivity index (χ3v) is 8.47. The third kappa shape index (κ3) is 6.08. The van der Waals surface area contributed by atoms with Gasteiger partial charge in [0.1, 0.15) is 11.4 Å². The maximum Gasteiger partial charge on any atom is 0.267 e. The van der Waals surface area contributed by atoms with E-state index >= 15 is 0 Å². The van der Waals surface area contributed by atoms with E-state index in [9.17, 15) is 13.2 Å². The standard InChI is InChI=1S/C29H38N2O5S/c1-5-29(6-2,27-17-15-25(31(27)7-3)28(33)30-18-11-19-32)23-14-16-26(22(4)20-23)36-21-37(34,35)24-12-9-8-10-13-24/h8-10,12-17,20,32H,5-7,11,18-19,21H2,1-4H3,(H,30,33). The van der Waals surface area contributed by atoms with Crippen molar-refractivity contribution in [3.63, 3.8) is 0 Å². The van der Waals surface area contributed by atoms with Crippen molar-refractivity contribution in [1.82, 2.24) is 9.88 Å². The summed E-state index contributed by atoms with van der Waals surface area (Å²) in [6.07, 6.45) is 2.15. The first-order chi connectivity index (χ1) is 17.7. The van der Waals surface area contributed by atoms with E-state index in [1.54, 1.807) is 30.3 Å². The molecule has 37 heavy (non-hydrogen) atoms. The second kappa shape index (κ2) is 12.4. The van der Waals surface area contributed by atoms with Gasteiger partial charge in [-0.15, -0.1) is 0 Å². The average molecular weight is 527 g/mol. The van der Waals surface area contributed by atoms with E-state index in [2.05, 4.69) is 29.8 Å². The number of hydrogen-bond acceptors (Lipinski definition) is 5. The van der Waals surface area contributed by atoms with Crippen LogP contribution in [0.3, 0.4) is 0 Å². The smallest absolute Gasteiger partial charge is 0.267 e. The maximum absolute atomic E-state index is 12.8. The van der Waals surface area contributed by atoms with Crippen LogP contribution in [-0.2, 0) is 21.8 Å². The first kappa shape index (κ1) is 28.5. The van der Waals surface area contributed by atoms with E-state index in [4.69, 9.17) is 9.84 Å². The van der Waals surface area contributed by atoms with E-state index in [-0.39, 0.29) is 22.8 Å². The van der Waals surface area contributed by atoms with Crippen LogP contribution in [0.1, 0.15) is 67.3 Å². The lowest BCUT2D eigenvalue weighted by molar-refractivity contribution is 0.0941. The Labute approximate surface area is 220 Å². The lowest BCUT2D eigenvalue weighted by Gasteiger charge is -2.34. The van der Waals surface area contributed by atoms with Crippen molar-refractivity contribution in [3.05, 3.63) is 83.2 Å².